The Kier molecular flexibility index (Phi) is 5.20. The van der Waals surface area contributed by atoms with E-state index in [-0.39, 0.29) is 13.1 Å². The first kappa shape index (κ1) is 21.0. The van der Waals surface area contributed by atoms with Crippen molar-refractivity contribution in [3.63, 3.8) is 0 Å². The van der Waals surface area contributed by atoms with Crippen molar-refractivity contribution in [1.29, 1.82) is 0 Å². The molecule has 4 rings (SSSR count). The second-order valence-electron chi connectivity index (χ2n) is 9.34. The second-order valence-corrected chi connectivity index (χ2v) is 11.3. The fourth-order valence-electron chi connectivity index (χ4n) is 4.43. The molecule has 0 bridgehead atoms. The van der Waals surface area contributed by atoms with Crippen LogP contribution >= 0.6 is 0 Å². The maximum atomic E-state index is 12.6. The minimum atomic E-state index is -3.89. The third kappa shape index (κ3) is 4.12. The Bertz CT molecular complexity index is 959. The zero-order valence-corrected chi connectivity index (χ0v) is 18.5. The van der Waals surface area contributed by atoms with E-state index in [1.54, 1.807) is 20.8 Å². The van der Waals surface area contributed by atoms with Crippen LogP contribution in [0.1, 0.15) is 55.9 Å². The molecule has 164 valence electrons. The number of carbonyl (C=O) groups excluding carboxylic acids is 2. The lowest BCUT2D eigenvalue weighted by Crippen LogP contribution is -2.60. The molecule has 0 saturated carbocycles. The molecular weight excluding hydrogens is 406 g/mol. The minimum Gasteiger partial charge on any atom is -0.444 e. The van der Waals surface area contributed by atoms with Crippen molar-refractivity contribution in [2.75, 3.05) is 18.4 Å². The highest BCUT2D eigenvalue weighted by Gasteiger charge is 2.42. The summed E-state index contributed by atoms with van der Waals surface area (Å²) in [5.74, 6) is 0. The summed E-state index contributed by atoms with van der Waals surface area (Å²) < 4.78 is 32.5. The largest absolute Gasteiger partial charge is 0.444 e. The van der Waals surface area contributed by atoms with Crippen molar-refractivity contribution in [1.82, 2.24) is 9.62 Å². The minimum absolute atomic E-state index is 0.00760. The van der Waals surface area contributed by atoms with Crippen LogP contribution in [0.5, 0.6) is 0 Å². The van der Waals surface area contributed by atoms with Crippen LogP contribution in [-0.4, -0.2) is 49.4 Å². The molecule has 2 aliphatic carbocycles. The summed E-state index contributed by atoms with van der Waals surface area (Å²) in [6.07, 6.45) is 5.36. The third-order valence-corrected chi connectivity index (χ3v) is 7.53. The first-order chi connectivity index (χ1) is 14.0. The molecule has 0 unspecified atom stereocenters. The predicted octanol–water partition coefficient (Wildman–Crippen LogP) is 2.73. The highest BCUT2D eigenvalue weighted by molar-refractivity contribution is 7.90. The SMILES string of the molecule is CC(C)(C)OC(=O)N1CC(S(=O)(=O)NC(=O)Nc2c3c(cc4c2CCC4)CCC3)C1. The van der Waals surface area contributed by atoms with Gasteiger partial charge in [0.15, 0.2) is 0 Å². The molecule has 0 spiro atoms. The Morgan fingerprint density at radius 1 is 1.03 bits per heavy atom. The number of carbonyl (C=O) groups is 2. The topological polar surface area (TPSA) is 105 Å². The van der Waals surface area contributed by atoms with Crippen LogP contribution in [0.15, 0.2) is 6.07 Å². The Hall–Kier alpha value is -2.29. The van der Waals surface area contributed by atoms with Crippen molar-refractivity contribution in [2.24, 2.45) is 0 Å². The number of nitrogens with one attached hydrogen (secondary N) is 2. The number of benzene rings is 1. The zero-order chi connectivity index (χ0) is 21.7. The van der Waals surface area contributed by atoms with Gasteiger partial charge in [-0.1, -0.05) is 6.07 Å². The number of hydrogen-bond donors (Lipinski definition) is 2. The molecule has 1 fully saturated rings. The number of anilines is 1. The van der Waals surface area contributed by atoms with Crippen LogP contribution in [0.25, 0.3) is 0 Å². The highest BCUT2D eigenvalue weighted by Crippen LogP contribution is 2.38. The Morgan fingerprint density at radius 3 is 2.13 bits per heavy atom. The number of aryl methyl sites for hydroxylation is 2. The van der Waals surface area contributed by atoms with Gasteiger partial charge in [-0.05, 0) is 81.5 Å². The van der Waals surface area contributed by atoms with Crippen LogP contribution in [0.3, 0.4) is 0 Å². The van der Waals surface area contributed by atoms with Gasteiger partial charge in [0.2, 0.25) is 10.0 Å². The quantitative estimate of drug-likeness (QED) is 0.760. The smallest absolute Gasteiger partial charge is 0.410 e. The van der Waals surface area contributed by atoms with Crippen molar-refractivity contribution in [3.05, 3.63) is 28.3 Å². The van der Waals surface area contributed by atoms with E-state index in [4.69, 9.17) is 4.74 Å². The monoisotopic (exact) mass is 435 g/mol. The van der Waals surface area contributed by atoms with Gasteiger partial charge in [-0.3, -0.25) is 0 Å². The molecule has 0 radical (unpaired) electrons. The number of nitrogens with zero attached hydrogens (tertiary/aromatic N) is 1. The van der Waals surface area contributed by atoms with E-state index in [2.05, 4.69) is 16.1 Å². The summed E-state index contributed by atoms with van der Waals surface area (Å²) in [6, 6.07) is 1.52. The van der Waals surface area contributed by atoms with Crippen molar-refractivity contribution in [3.8, 4) is 0 Å². The van der Waals surface area contributed by atoms with Crippen molar-refractivity contribution < 1.29 is 22.7 Å². The summed E-state index contributed by atoms with van der Waals surface area (Å²) in [6.45, 7) is 5.27. The second kappa shape index (κ2) is 7.44. The number of likely N-dealkylation sites (tertiary alicyclic amines) is 1. The maximum absolute atomic E-state index is 12.6. The molecule has 1 aliphatic heterocycles. The van der Waals surface area contributed by atoms with Crippen LogP contribution in [0.4, 0.5) is 15.3 Å². The molecule has 30 heavy (non-hydrogen) atoms. The number of urea groups is 1. The molecule has 2 N–H and O–H groups in total. The fraction of sp³-hybridized carbons (Fsp3) is 0.619. The summed E-state index contributed by atoms with van der Waals surface area (Å²) in [7, 11) is -3.89. The van der Waals surface area contributed by atoms with Gasteiger partial charge in [-0.25, -0.2) is 22.7 Å². The molecule has 1 heterocycles. The van der Waals surface area contributed by atoms with Gasteiger partial charge in [-0.2, -0.15) is 0 Å². The first-order valence-corrected chi connectivity index (χ1v) is 12.1. The summed E-state index contributed by atoms with van der Waals surface area (Å²) in [5, 5.41) is 2.00. The molecule has 3 amide bonds. The normalized spacial score (nSPS) is 18.4. The standard InChI is InChI=1S/C21H29N3O5S/c1-21(2,3)29-20(26)24-11-15(12-24)30(27,28)23-19(25)22-18-16-8-4-6-13(16)10-14-7-5-9-17(14)18/h10,15H,4-9,11-12H2,1-3H3,(H2,22,23,25). The molecule has 1 saturated heterocycles. The Morgan fingerprint density at radius 2 is 1.60 bits per heavy atom. The van der Waals surface area contributed by atoms with Gasteiger partial charge >= 0.3 is 12.1 Å². The van der Waals surface area contributed by atoms with Gasteiger partial charge in [-0.15, -0.1) is 0 Å². The molecule has 1 aromatic carbocycles. The van der Waals surface area contributed by atoms with Crippen molar-refractivity contribution >= 4 is 27.8 Å². The van der Waals surface area contributed by atoms with Crippen LogP contribution in [-0.2, 0) is 40.4 Å². The van der Waals surface area contributed by atoms with Crippen LogP contribution in [0, 0.1) is 0 Å². The number of amides is 3. The van der Waals surface area contributed by atoms with E-state index in [1.165, 1.54) is 16.0 Å². The predicted molar refractivity (Wildman–Crippen MR) is 113 cm³/mol. The van der Waals surface area contributed by atoms with Crippen LogP contribution in [0.2, 0.25) is 0 Å². The van der Waals surface area contributed by atoms with Gasteiger partial charge in [0, 0.05) is 18.8 Å². The average molecular weight is 436 g/mol. The number of ether oxygens (including phenoxy) is 1. The molecule has 0 aromatic heterocycles. The van der Waals surface area contributed by atoms with Gasteiger partial charge in [0.05, 0.1) is 0 Å². The lowest BCUT2D eigenvalue weighted by Gasteiger charge is -2.38. The number of rotatable bonds is 3. The van der Waals surface area contributed by atoms with E-state index in [1.807, 2.05) is 0 Å². The van der Waals surface area contributed by atoms with Crippen LogP contribution < -0.4 is 10.0 Å². The number of fused-ring (bicyclic) bond motifs is 2. The van der Waals surface area contributed by atoms with E-state index in [0.717, 1.165) is 55.3 Å². The highest BCUT2D eigenvalue weighted by atomic mass is 32.2. The molecule has 1 aromatic rings. The summed E-state index contributed by atoms with van der Waals surface area (Å²) >= 11 is 0. The first-order valence-electron chi connectivity index (χ1n) is 10.5. The van der Waals surface area contributed by atoms with E-state index in [0.29, 0.717) is 0 Å². The molecule has 9 heteroatoms. The number of hydrogen-bond acceptors (Lipinski definition) is 5. The fourth-order valence-corrected chi connectivity index (χ4v) is 5.66. The summed E-state index contributed by atoms with van der Waals surface area (Å²) in [5.41, 5.74) is 4.97. The Labute approximate surface area is 177 Å². The molecule has 3 aliphatic rings. The number of sulfonamides is 1. The average Bonchev–Trinajstić information content (AvgIpc) is 3.18. The van der Waals surface area contributed by atoms with Crippen molar-refractivity contribution in [2.45, 2.75) is 70.1 Å². The van der Waals surface area contributed by atoms with E-state index >= 15 is 0 Å². The van der Waals surface area contributed by atoms with E-state index < -0.39 is 33.0 Å². The zero-order valence-electron chi connectivity index (χ0n) is 17.7. The Balaban J connectivity index is 1.39. The molecule has 0 atom stereocenters. The van der Waals surface area contributed by atoms with Gasteiger partial charge in [0.1, 0.15) is 10.9 Å². The lowest BCUT2D eigenvalue weighted by atomic mass is 9.99. The van der Waals surface area contributed by atoms with E-state index in [9.17, 15) is 18.0 Å². The maximum Gasteiger partial charge on any atom is 0.410 e. The third-order valence-electron chi connectivity index (χ3n) is 5.89. The van der Waals surface area contributed by atoms with Gasteiger partial charge < -0.3 is 15.0 Å². The van der Waals surface area contributed by atoms with Gasteiger partial charge in [0.25, 0.3) is 0 Å². The lowest BCUT2D eigenvalue weighted by molar-refractivity contribution is 0.0139. The molecule has 8 nitrogen and oxygen atoms in total. The summed E-state index contributed by atoms with van der Waals surface area (Å²) in [4.78, 5) is 25.9. The molecular formula is C21H29N3O5S.